The molecule has 1 amide bonds. The summed E-state index contributed by atoms with van der Waals surface area (Å²) in [6.07, 6.45) is 3.72. The fourth-order valence-corrected chi connectivity index (χ4v) is 3.19. The number of nitrogens with zero attached hydrogens (tertiary/aromatic N) is 2. The first-order valence-electron chi connectivity index (χ1n) is 7.16. The Hall–Kier alpha value is -0.610. The predicted molar refractivity (Wildman–Crippen MR) is 71.3 cm³/mol. The Balaban J connectivity index is 1.90. The van der Waals surface area contributed by atoms with E-state index in [1.165, 1.54) is 0 Å². The van der Waals surface area contributed by atoms with Gasteiger partial charge in [-0.3, -0.25) is 9.69 Å². The molecule has 2 aliphatic rings. The first kappa shape index (κ1) is 13.8. The van der Waals surface area contributed by atoms with Crippen molar-refractivity contribution in [3.05, 3.63) is 0 Å². The second-order valence-corrected chi connectivity index (χ2v) is 6.36. The van der Waals surface area contributed by atoms with Crippen molar-refractivity contribution >= 4 is 5.91 Å². The highest BCUT2D eigenvalue weighted by Crippen LogP contribution is 2.31. The number of carbonyl (C=O) groups is 1. The van der Waals surface area contributed by atoms with Crippen molar-refractivity contribution in [3.63, 3.8) is 0 Å². The minimum atomic E-state index is -0.588. The van der Waals surface area contributed by atoms with Crippen LogP contribution in [0.3, 0.4) is 0 Å². The molecule has 4 nitrogen and oxygen atoms in total. The van der Waals surface area contributed by atoms with Gasteiger partial charge in [0.1, 0.15) is 0 Å². The Bertz CT molecular complexity index is 297. The molecule has 0 aromatic carbocycles. The smallest absolute Gasteiger partial charge is 0.222 e. The topological polar surface area (TPSA) is 43.8 Å². The Morgan fingerprint density at radius 3 is 2.28 bits per heavy atom. The lowest BCUT2D eigenvalue weighted by Gasteiger charge is -2.41. The van der Waals surface area contributed by atoms with Gasteiger partial charge in [0.15, 0.2) is 0 Å². The maximum Gasteiger partial charge on any atom is 0.222 e. The van der Waals surface area contributed by atoms with Crippen LogP contribution >= 0.6 is 0 Å². The molecule has 0 spiro atoms. The molecule has 0 aliphatic carbocycles. The molecular weight excluding hydrogens is 228 g/mol. The first-order valence-corrected chi connectivity index (χ1v) is 7.16. The summed E-state index contributed by atoms with van der Waals surface area (Å²) in [5.41, 5.74) is -0.588. The van der Waals surface area contributed by atoms with Crippen LogP contribution in [0.15, 0.2) is 0 Å². The van der Waals surface area contributed by atoms with E-state index in [9.17, 15) is 9.90 Å². The molecule has 104 valence electrons. The molecule has 18 heavy (non-hydrogen) atoms. The highest BCUT2D eigenvalue weighted by Gasteiger charge is 2.41. The zero-order valence-electron chi connectivity index (χ0n) is 11.9. The lowest BCUT2D eigenvalue weighted by molar-refractivity contribution is -0.136. The Morgan fingerprint density at radius 1 is 1.28 bits per heavy atom. The second kappa shape index (κ2) is 5.17. The van der Waals surface area contributed by atoms with Gasteiger partial charge in [0, 0.05) is 38.1 Å². The van der Waals surface area contributed by atoms with E-state index in [4.69, 9.17) is 0 Å². The average Bonchev–Trinajstić information content (AvgIpc) is 2.56. The van der Waals surface area contributed by atoms with Crippen molar-refractivity contribution in [2.75, 3.05) is 19.6 Å². The molecule has 2 fully saturated rings. The van der Waals surface area contributed by atoms with Crippen molar-refractivity contribution in [1.82, 2.24) is 9.80 Å². The van der Waals surface area contributed by atoms with Crippen LogP contribution in [0, 0.1) is 0 Å². The zero-order chi connectivity index (χ0) is 13.3. The van der Waals surface area contributed by atoms with Gasteiger partial charge in [0.2, 0.25) is 5.91 Å². The second-order valence-electron chi connectivity index (χ2n) is 6.36. The van der Waals surface area contributed by atoms with Gasteiger partial charge in [0.05, 0.1) is 5.60 Å². The molecule has 2 saturated heterocycles. The number of rotatable bonds is 4. The third kappa shape index (κ3) is 3.04. The molecule has 0 saturated carbocycles. The predicted octanol–water partition coefficient (Wildman–Crippen LogP) is 1.23. The highest BCUT2D eigenvalue weighted by atomic mass is 16.3. The van der Waals surface area contributed by atoms with Gasteiger partial charge >= 0.3 is 0 Å². The standard InChI is InChI=1S/C14H26N2O2/c1-4-13(17)16-11-5-6-12(16)10-15(9-11)8-7-14(2,3)18/h11-12,18H,4-10H2,1-3H3. The van der Waals surface area contributed by atoms with Crippen LogP contribution in [-0.2, 0) is 4.79 Å². The number of likely N-dealkylation sites (tertiary alicyclic amines) is 1. The summed E-state index contributed by atoms with van der Waals surface area (Å²) < 4.78 is 0. The highest BCUT2D eigenvalue weighted by molar-refractivity contribution is 5.77. The molecular formula is C14H26N2O2. The summed E-state index contributed by atoms with van der Waals surface area (Å²) in [6.45, 7) is 8.57. The monoisotopic (exact) mass is 254 g/mol. The van der Waals surface area contributed by atoms with Gasteiger partial charge in [-0.05, 0) is 33.1 Å². The lowest BCUT2D eigenvalue weighted by Crippen LogP contribution is -2.56. The number of aliphatic hydroxyl groups is 1. The van der Waals surface area contributed by atoms with Crippen molar-refractivity contribution in [3.8, 4) is 0 Å². The van der Waals surface area contributed by atoms with E-state index in [0.717, 1.165) is 38.9 Å². The van der Waals surface area contributed by atoms with E-state index in [-0.39, 0.29) is 0 Å². The van der Waals surface area contributed by atoms with Crippen LogP contribution in [0.25, 0.3) is 0 Å². The van der Waals surface area contributed by atoms with Crippen molar-refractivity contribution in [2.45, 2.75) is 64.1 Å². The number of hydrogen-bond acceptors (Lipinski definition) is 3. The van der Waals surface area contributed by atoms with Crippen LogP contribution in [0.4, 0.5) is 0 Å². The third-order valence-corrected chi connectivity index (χ3v) is 4.19. The minimum absolute atomic E-state index is 0.310. The van der Waals surface area contributed by atoms with Gasteiger partial charge in [-0.25, -0.2) is 0 Å². The molecule has 2 bridgehead atoms. The summed E-state index contributed by atoms with van der Waals surface area (Å²) in [5.74, 6) is 0.310. The van der Waals surface area contributed by atoms with Crippen LogP contribution < -0.4 is 0 Å². The van der Waals surface area contributed by atoms with E-state index >= 15 is 0 Å². The van der Waals surface area contributed by atoms with E-state index in [2.05, 4.69) is 9.80 Å². The lowest BCUT2D eigenvalue weighted by atomic mass is 10.0. The van der Waals surface area contributed by atoms with Gasteiger partial charge < -0.3 is 10.0 Å². The Labute approximate surface area is 110 Å². The molecule has 0 aromatic heterocycles. The first-order chi connectivity index (χ1) is 8.40. The normalized spacial score (nSPS) is 28.8. The summed E-state index contributed by atoms with van der Waals surface area (Å²) in [6, 6.07) is 0.830. The zero-order valence-corrected chi connectivity index (χ0v) is 11.9. The molecule has 0 radical (unpaired) electrons. The molecule has 2 unspecified atom stereocenters. The minimum Gasteiger partial charge on any atom is -0.390 e. The summed E-state index contributed by atoms with van der Waals surface area (Å²) in [4.78, 5) is 16.5. The maximum absolute atomic E-state index is 11.9. The number of amides is 1. The van der Waals surface area contributed by atoms with Gasteiger partial charge in [-0.15, -0.1) is 0 Å². The fourth-order valence-electron chi connectivity index (χ4n) is 3.19. The number of fused-ring (bicyclic) bond motifs is 2. The molecule has 2 aliphatic heterocycles. The fraction of sp³-hybridized carbons (Fsp3) is 0.929. The molecule has 2 atom stereocenters. The van der Waals surface area contributed by atoms with Crippen LogP contribution in [0.5, 0.6) is 0 Å². The Morgan fingerprint density at radius 2 is 1.83 bits per heavy atom. The molecule has 1 N–H and O–H groups in total. The van der Waals surface area contributed by atoms with Crippen LogP contribution in [0.2, 0.25) is 0 Å². The van der Waals surface area contributed by atoms with Crippen molar-refractivity contribution < 1.29 is 9.90 Å². The van der Waals surface area contributed by atoms with Gasteiger partial charge in [-0.1, -0.05) is 6.92 Å². The van der Waals surface area contributed by atoms with E-state index < -0.39 is 5.60 Å². The molecule has 0 aromatic rings. The van der Waals surface area contributed by atoms with Gasteiger partial charge in [-0.2, -0.15) is 0 Å². The maximum atomic E-state index is 11.9. The summed E-state index contributed by atoms with van der Waals surface area (Å²) in [5, 5.41) is 9.78. The summed E-state index contributed by atoms with van der Waals surface area (Å²) in [7, 11) is 0. The van der Waals surface area contributed by atoms with Crippen LogP contribution in [-0.4, -0.2) is 58.1 Å². The molecule has 2 rings (SSSR count). The van der Waals surface area contributed by atoms with Crippen molar-refractivity contribution in [2.24, 2.45) is 0 Å². The number of piperazine rings is 1. The SMILES string of the molecule is CCC(=O)N1C2CCC1CN(CCC(C)(C)O)C2. The van der Waals surface area contributed by atoms with E-state index in [1.54, 1.807) is 0 Å². The number of hydrogen-bond donors (Lipinski definition) is 1. The van der Waals surface area contributed by atoms with E-state index in [1.807, 2.05) is 20.8 Å². The largest absolute Gasteiger partial charge is 0.390 e. The molecule has 2 heterocycles. The molecule has 4 heteroatoms. The quantitative estimate of drug-likeness (QED) is 0.820. The van der Waals surface area contributed by atoms with E-state index in [0.29, 0.717) is 24.4 Å². The third-order valence-electron chi connectivity index (χ3n) is 4.19. The van der Waals surface area contributed by atoms with Crippen LogP contribution in [0.1, 0.15) is 46.5 Å². The van der Waals surface area contributed by atoms with Crippen molar-refractivity contribution in [1.29, 1.82) is 0 Å². The summed E-state index contributed by atoms with van der Waals surface area (Å²) >= 11 is 0. The Kier molecular flexibility index (Phi) is 3.97. The number of carbonyl (C=O) groups excluding carboxylic acids is 1. The average molecular weight is 254 g/mol. The van der Waals surface area contributed by atoms with Gasteiger partial charge in [0.25, 0.3) is 0 Å².